The van der Waals surface area contributed by atoms with Crippen LogP contribution in [0.2, 0.25) is 0 Å². The molecule has 1 atom stereocenters. The zero-order valence-corrected chi connectivity index (χ0v) is 7.63. The van der Waals surface area contributed by atoms with Crippen molar-refractivity contribution in [2.45, 2.75) is 19.5 Å². The molecule has 0 amide bonds. The summed E-state index contributed by atoms with van der Waals surface area (Å²) >= 11 is 0. The molecule has 0 bridgehead atoms. The van der Waals surface area contributed by atoms with Crippen LogP contribution >= 0.6 is 0 Å². The van der Waals surface area contributed by atoms with Gasteiger partial charge in [0.1, 0.15) is 5.82 Å². The van der Waals surface area contributed by atoms with Gasteiger partial charge in [-0.2, -0.15) is 0 Å². The molecule has 76 valence electrons. The molecule has 14 heavy (non-hydrogen) atoms. The van der Waals surface area contributed by atoms with Crippen LogP contribution in [0.5, 0.6) is 0 Å². The van der Waals surface area contributed by atoms with Gasteiger partial charge in [-0.05, 0) is 24.1 Å². The number of carboxylic acids is 1. The summed E-state index contributed by atoms with van der Waals surface area (Å²) in [5.74, 6) is -1.97. The van der Waals surface area contributed by atoms with E-state index in [1.807, 2.05) is 0 Å². The Kier molecular flexibility index (Phi) is 3.17. The maximum absolute atomic E-state index is 13.0. The van der Waals surface area contributed by atoms with Gasteiger partial charge in [-0.25, -0.2) is 13.6 Å². The van der Waals surface area contributed by atoms with Gasteiger partial charge in [-0.3, -0.25) is 0 Å². The van der Waals surface area contributed by atoms with E-state index in [0.29, 0.717) is 11.1 Å². The van der Waals surface area contributed by atoms with Crippen LogP contribution in [0.15, 0.2) is 18.2 Å². The zero-order chi connectivity index (χ0) is 10.7. The molecule has 0 aliphatic carbocycles. The Morgan fingerprint density at radius 2 is 2.21 bits per heavy atom. The Labute approximate surface area is 80.2 Å². The van der Waals surface area contributed by atoms with E-state index in [4.69, 9.17) is 5.11 Å². The van der Waals surface area contributed by atoms with Crippen LogP contribution in [-0.2, 0) is 11.2 Å². The number of alkyl halides is 1. The van der Waals surface area contributed by atoms with Gasteiger partial charge in [-0.15, -0.1) is 0 Å². The van der Waals surface area contributed by atoms with Gasteiger partial charge in [0.25, 0.3) is 0 Å². The number of carboxylic acid groups (broad SMARTS) is 1. The minimum Gasteiger partial charge on any atom is -0.479 e. The summed E-state index contributed by atoms with van der Waals surface area (Å²) in [6.07, 6.45) is -2.27. The summed E-state index contributed by atoms with van der Waals surface area (Å²) in [5.41, 5.74) is 0.808. The van der Waals surface area contributed by atoms with Crippen molar-refractivity contribution >= 4 is 5.97 Å². The molecule has 0 radical (unpaired) electrons. The second-order valence-corrected chi connectivity index (χ2v) is 3.09. The van der Waals surface area contributed by atoms with Gasteiger partial charge in [0.2, 0.25) is 6.17 Å². The van der Waals surface area contributed by atoms with E-state index in [1.54, 1.807) is 6.92 Å². The van der Waals surface area contributed by atoms with Crippen LogP contribution in [0.3, 0.4) is 0 Å². The van der Waals surface area contributed by atoms with Gasteiger partial charge in [0.05, 0.1) is 0 Å². The minimum absolute atomic E-state index is 0.299. The smallest absolute Gasteiger partial charge is 0.338 e. The van der Waals surface area contributed by atoms with Gasteiger partial charge < -0.3 is 5.11 Å². The number of rotatable bonds is 3. The fourth-order valence-corrected chi connectivity index (χ4v) is 1.06. The molecule has 0 aromatic heterocycles. The normalized spacial score (nSPS) is 12.5. The third kappa shape index (κ3) is 2.52. The SMILES string of the molecule is Cc1ccc(CC(F)C(=O)O)cc1F. The molecule has 2 nitrogen and oxygen atoms in total. The van der Waals surface area contributed by atoms with E-state index in [0.717, 1.165) is 6.07 Å². The predicted molar refractivity (Wildman–Crippen MR) is 47.4 cm³/mol. The largest absolute Gasteiger partial charge is 0.479 e. The molecule has 1 aromatic carbocycles. The topological polar surface area (TPSA) is 37.3 Å². The van der Waals surface area contributed by atoms with Crippen LogP contribution < -0.4 is 0 Å². The summed E-state index contributed by atoms with van der Waals surface area (Å²) in [5, 5.41) is 8.30. The first kappa shape index (κ1) is 10.6. The maximum atomic E-state index is 13.0. The number of hydrogen-bond donors (Lipinski definition) is 1. The summed E-state index contributed by atoms with van der Waals surface area (Å²) in [6, 6.07) is 4.18. The van der Waals surface area contributed by atoms with Gasteiger partial charge in [0, 0.05) is 6.42 Å². The maximum Gasteiger partial charge on any atom is 0.338 e. The molecule has 1 N–H and O–H groups in total. The lowest BCUT2D eigenvalue weighted by molar-refractivity contribution is -0.142. The highest BCUT2D eigenvalue weighted by atomic mass is 19.1. The molecule has 0 saturated heterocycles. The second-order valence-electron chi connectivity index (χ2n) is 3.09. The molecule has 0 heterocycles. The van der Waals surface area contributed by atoms with Crippen LogP contribution in [0.4, 0.5) is 8.78 Å². The Morgan fingerprint density at radius 3 is 2.71 bits per heavy atom. The summed E-state index contributed by atoms with van der Waals surface area (Å²) in [6.45, 7) is 1.59. The van der Waals surface area contributed by atoms with Crippen LogP contribution in [0.25, 0.3) is 0 Å². The number of hydrogen-bond acceptors (Lipinski definition) is 1. The van der Waals surface area contributed by atoms with Gasteiger partial charge in [0.15, 0.2) is 0 Å². The Balaban J connectivity index is 2.78. The van der Waals surface area contributed by atoms with E-state index in [-0.39, 0.29) is 6.42 Å². The van der Waals surface area contributed by atoms with Gasteiger partial charge in [-0.1, -0.05) is 12.1 Å². The monoisotopic (exact) mass is 200 g/mol. The lowest BCUT2D eigenvalue weighted by atomic mass is 10.1. The van der Waals surface area contributed by atoms with E-state index < -0.39 is 18.0 Å². The quantitative estimate of drug-likeness (QED) is 0.811. The Bertz CT molecular complexity index is 350. The van der Waals surface area contributed by atoms with E-state index in [9.17, 15) is 13.6 Å². The number of aliphatic carboxylic acids is 1. The van der Waals surface area contributed by atoms with Crippen molar-refractivity contribution < 1.29 is 18.7 Å². The first-order valence-corrected chi connectivity index (χ1v) is 4.12. The number of halogens is 2. The van der Waals surface area contributed by atoms with E-state index in [1.165, 1.54) is 12.1 Å². The lowest BCUT2D eigenvalue weighted by Crippen LogP contribution is -2.17. The molecule has 1 rings (SSSR count). The molecular formula is C10H10F2O2. The third-order valence-electron chi connectivity index (χ3n) is 1.92. The van der Waals surface area contributed by atoms with Crippen molar-refractivity contribution in [3.8, 4) is 0 Å². The molecule has 1 aromatic rings. The van der Waals surface area contributed by atoms with Crippen molar-refractivity contribution in [2.75, 3.05) is 0 Å². The zero-order valence-electron chi connectivity index (χ0n) is 7.63. The van der Waals surface area contributed by atoms with E-state index >= 15 is 0 Å². The molecular weight excluding hydrogens is 190 g/mol. The van der Waals surface area contributed by atoms with Crippen molar-refractivity contribution in [1.82, 2.24) is 0 Å². The second kappa shape index (κ2) is 4.17. The summed E-state index contributed by atoms with van der Waals surface area (Å²) in [4.78, 5) is 10.2. The predicted octanol–water partition coefficient (Wildman–Crippen LogP) is 2.10. The van der Waals surface area contributed by atoms with Crippen LogP contribution in [-0.4, -0.2) is 17.2 Å². The summed E-state index contributed by atoms with van der Waals surface area (Å²) in [7, 11) is 0. The average Bonchev–Trinajstić information content (AvgIpc) is 2.11. The summed E-state index contributed by atoms with van der Waals surface area (Å²) < 4.78 is 25.7. The molecule has 4 heteroatoms. The fraction of sp³-hybridized carbons (Fsp3) is 0.300. The van der Waals surface area contributed by atoms with Crippen LogP contribution in [0.1, 0.15) is 11.1 Å². The molecule has 1 unspecified atom stereocenters. The molecule has 0 saturated carbocycles. The van der Waals surface area contributed by atoms with Gasteiger partial charge >= 0.3 is 5.97 Å². The highest BCUT2D eigenvalue weighted by Gasteiger charge is 2.16. The molecule has 0 fully saturated rings. The fourth-order valence-electron chi connectivity index (χ4n) is 1.06. The van der Waals surface area contributed by atoms with Crippen molar-refractivity contribution in [1.29, 1.82) is 0 Å². The lowest BCUT2D eigenvalue weighted by Gasteiger charge is -2.04. The average molecular weight is 200 g/mol. The Hall–Kier alpha value is -1.45. The molecule has 0 aliphatic rings. The van der Waals surface area contributed by atoms with Crippen molar-refractivity contribution in [3.05, 3.63) is 35.1 Å². The van der Waals surface area contributed by atoms with Crippen molar-refractivity contribution in [2.24, 2.45) is 0 Å². The minimum atomic E-state index is -1.97. The third-order valence-corrected chi connectivity index (χ3v) is 1.92. The van der Waals surface area contributed by atoms with Crippen molar-refractivity contribution in [3.63, 3.8) is 0 Å². The number of carbonyl (C=O) groups is 1. The standard InChI is InChI=1S/C10H10F2O2/c1-6-2-3-7(4-8(6)11)5-9(12)10(13)14/h2-4,9H,5H2,1H3,(H,13,14). The van der Waals surface area contributed by atoms with Crippen LogP contribution in [0, 0.1) is 12.7 Å². The molecule has 0 aliphatic heterocycles. The number of aryl methyl sites for hydroxylation is 1. The first-order valence-electron chi connectivity index (χ1n) is 4.12. The highest BCUT2D eigenvalue weighted by Crippen LogP contribution is 2.12. The van der Waals surface area contributed by atoms with E-state index in [2.05, 4.69) is 0 Å². The highest BCUT2D eigenvalue weighted by molar-refractivity contribution is 5.72. The number of benzene rings is 1. The Morgan fingerprint density at radius 1 is 1.57 bits per heavy atom. The molecule has 0 spiro atoms. The first-order chi connectivity index (χ1) is 6.50.